The monoisotopic (exact) mass is 588 g/mol. The molecule has 1 unspecified atom stereocenters. The first-order valence-electron chi connectivity index (χ1n) is 12.8. The molecule has 0 spiro atoms. The van der Waals surface area contributed by atoms with Crippen LogP contribution in [0.25, 0.3) is 22.1 Å². The van der Waals surface area contributed by atoms with E-state index in [-0.39, 0.29) is 23.8 Å². The summed E-state index contributed by atoms with van der Waals surface area (Å²) < 4.78 is 72.7. The number of aromatic nitrogens is 1. The molecular formula is C29H24ClF3N2O4S. The van der Waals surface area contributed by atoms with Crippen LogP contribution in [0.4, 0.5) is 13.2 Å². The van der Waals surface area contributed by atoms with Gasteiger partial charge in [0, 0.05) is 46.6 Å². The molecule has 2 aromatic carbocycles. The highest BCUT2D eigenvalue weighted by Gasteiger charge is 2.49. The Morgan fingerprint density at radius 1 is 1.07 bits per heavy atom. The molecule has 2 aliphatic rings. The lowest BCUT2D eigenvalue weighted by Gasteiger charge is -2.24. The topological polar surface area (TPSA) is 80.5 Å². The van der Waals surface area contributed by atoms with Gasteiger partial charge in [-0.2, -0.15) is 17.5 Å². The Hall–Kier alpha value is -3.21. The summed E-state index contributed by atoms with van der Waals surface area (Å²) in [5, 5.41) is 0.875. The molecule has 0 radical (unpaired) electrons. The van der Waals surface area contributed by atoms with Gasteiger partial charge in [0.25, 0.3) is 10.0 Å². The molecule has 40 heavy (non-hydrogen) atoms. The number of nitrogens with zero attached hydrogens (tertiary/aromatic N) is 2. The first-order chi connectivity index (χ1) is 19.0. The van der Waals surface area contributed by atoms with Crippen molar-refractivity contribution < 1.29 is 30.8 Å². The number of alkyl halides is 3. The third kappa shape index (κ3) is 4.93. The number of Topliss-reactive ketones (excluding diaryl/α,β-unsaturated/α-hetero) is 1. The number of hydrogen-bond acceptors (Lipinski definition) is 5. The second-order valence-electron chi connectivity index (χ2n) is 10.5. The fraction of sp³-hybridized carbons (Fsp3) is 0.310. The van der Waals surface area contributed by atoms with Crippen molar-refractivity contribution in [2.45, 2.75) is 54.8 Å². The molecule has 2 aromatic heterocycles. The molecule has 1 aliphatic carbocycles. The Labute approximate surface area is 233 Å². The van der Waals surface area contributed by atoms with Gasteiger partial charge in [0.2, 0.25) is 5.09 Å². The third-order valence-corrected chi connectivity index (χ3v) is 9.79. The predicted octanol–water partition coefficient (Wildman–Crippen LogP) is 7.01. The minimum atomic E-state index is -4.54. The zero-order chi connectivity index (χ0) is 28.3. The van der Waals surface area contributed by atoms with Crippen molar-refractivity contribution in [1.29, 1.82) is 0 Å². The van der Waals surface area contributed by atoms with E-state index in [0.717, 1.165) is 17.8 Å². The van der Waals surface area contributed by atoms with E-state index in [9.17, 15) is 26.4 Å². The lowest BCUT2D eigenvalue weighted by Crippen LogP contribution is -2.41. The highest BCUT2D eigenvalue weighted by atomic mass is 35.5. The molecule has 11 heteroatoms. The van der Waals surface area contributed by atoms with Crippen molar-refractivity contribution in [3.05, 3.63) is 83.1 Å². The van der Waals surface area contributed by atoms with E-state index in [1.54, 1.807) is 36.4 Å². The summed E-state index contributed by atoms with van der Waals surface area (Å²) in [6, 6.07) is 15.2. The second-order valence-corrected chi connectivity index (χ2v) is 12.7. The number of fused-ring (bicyclic) bond motifs is 1. The first kappa shape index (κ1) is 27.0. The summed E-state index contributed by atoms with van der Waals surface area (Å²) in [5.41, 5.74) is 0.831. The first-order valence-corrected chi connectivity index (χ1v) is 14.7. The molecule has 3 heterocycles. The number of para-hydroxylation sites is 1. The van der Waals surface area contributed by atoms with E-state index in [2.05, 4.69) is 4.98 Å². The number of carbonyl (C=O) groups is 1. The van der Waals surface area contributed by atoms with Crippen molar-refractivity contribution in [2.24, 2.45) is 0 Å². The van der Waals surface area contributed by atoms with Crippen molar-refractivity contribution >= 4 is 38.4 Å². The number of pyridine rings is 1. The second kappa shape index (κ2) is 9.71. The van der Waals surface area contributed by atoms with Gasteiger partial charge < -0.3 is 4.42 Å². The maximum Gasteiger partial charge on any atom is 0.433 e. The minimum absolute atomic E-state index is 0.134. The molecule has 208 valence electrons. The molecular weight excluding hydrogens is 565 g/mol. The van der Waals surface area contributed by atoms with Crippen LogP contribution in [0.15, 0.2) is 76.4 Å². The highest BCUT2D eigenvalue weighted by molar-refractivity contribution is 7.89. The van der Waals surface area contributed by atoms with Gasteiger partial charge >= 0.3 is 6.18 Å². The Bertz CT molecular complexity index is 1680. The summed E-state index contributed by atoms with van der Waals surface area (Å²) in [4.78, 5) is 17.2. The molecule has 1 aliphatic heterocycles. The quantitative estimate of drug-likeness (QED) is 0.232. The summed E-state index contributed by atoms with van der Waals surface area (Å²) in [6.45, 7) is 0.227. The van der Waals surface area contributed by atoms with Crippen molar-refractivity contribution in [1.82, 2.24) is 9.29 Å². The smallest absolute Gasteiger partial charge is 0.433 e. The Morgan fingerprint density at radius 2 is 1.85 bits per heavy atom. The van der Waals surface area contributed by atoms with E-state index in [0.29, 0.717) is 52.8 Å². The van der Waals surface area contributed by atoms with Crippen molar-refractivity contribution in [3.8, 4) is 11.1 Å². The Kier molecular flexibility index (Phi) is 6.55. The molecule has 6 rings (SSSR count). The van der Waals surface area contributed by atoms with Crippen LogP contribution < -0.4 is 0 Å². The van der Waals surface area contributed by atoms with Crippen LogP contribution in [-0.2, 0) is 26.4 Å². The zero-order valence-electron chi connectivity index (χ0n) is 21.1. The van der Waals surface area contributed by atoms with Crippen LogP contribution in [-0.4, -0.2) is 36.1 Å². The molecule has 0 amide bonds. The summed E-state index contributed by atoms with van der Waals surface area (Å²) in [5.74, 6) is -0.174. The highest BCUT2D eigenvalue weighted by Crippen LogP contribution is 2.53. The molecule has 6 nitrogen and oxygen atoms in total. The van der Waals surface area contributed by atoms with Gasteiger partial charge in [-0.3, -0.25) is 9.78 Å². The largest absolute Gasteiger partial charge is 0.443 e. The maximum absolute atomic E-state index is 13.6. The van der Waals surface area contributed by atoms with Crippen LogP contribution in [0.1, 0.15) is 43.4 Å². The molecule has 1 saturated heterocycles. The maximum atomic E-state index is 13.6. The number of halogens is 4. The fourth-order valence-corrected chi connectivity index (χ4v) is 7.38. The summed E-state index contributed by atoms with van der Waals surface area (Å²) in [6.07, 6.45) is -0.837. The molecule has 0 bridgehead atoms. The molecule has 4 aromatic rings. The van der Waals surface area contributed by atoms with E-state index < -0.39 is 33.4 Å². The Morgan fingerprint density at radius 3 is 2.52 bits per heavy atom. The fourth-order valence-electron chi connectivity index (χ4n) is 5.51. The lowest BCUT2D eigenvalue weighted by atomic mass is 9.87. The van der Waals surface area contributed by atoms with Crippen LogP contribution in [0.2, 0.25) is 5.02 Å². The normalized spacial score (nSPS) is 19.2. The number of rotatable bonds is 7. The number of ketones is 1. The number of hydrogen-bond donors (Lipinski definition) is 0. The van der Waals surface area contributed by atoms with E-state index >= 15 is 0 Å². The van der Waals surface area contributed by atoms with Gasteiger partial charge in [-0.1, -0.05) is 41.9 Å². The van der Waals surface area contributed by atoms with Gasteiger partial charge in [-0.05, 0) is 61.1 Å². The third-order valence-electron chi connectivity index (χ3n) is 7.80. The predicted molar refractivity (Wildman–Crippen MR) is 143 cm³/mol. The summed E-state index contributed by atoms with van der Waals surface area (Å²) >= 11 is 6.40. The molecule has 1 saturated carbocycles. The van der Waals surface area contributed by atoms with Crippen molar-refractivity contribution in [2.75, 3.05) is 6.54 Å². The lowest BCUT2D eigenvalue weighted by molar-refractivity contribution is -0.141. The van der Waals surface area contributed by atoms with Crippen LogP contribution in [0, 0.1) is 0 Å². The Balaban J connectivity index is 1.24. The van der Waals surface area contributed by atoms with E-state index in [4.69, 9.17) is 16.0 Å². The van der Waals surface area contributed by atoms with Crippen molar-refractivity contribution in [3.63, 3.8) is 0 Å². The van der Waals surface area contributed by atoms with Crippen LogP contribution in [0.5, 0.6) is 0 Å². The van der Waals surface area contributed by atoms with Gasteiger partial charge in [0.15, 0.2) is 5.78 Å². The van der Waals surface area contributed by atoms with Gasteiger partial charge in [0.1, 0.15) is 11.3 Å². The zero-order valence-corrected chi connectivity index (χ0v) is 22.7. The average Bonchev–Trinajstić information content (AvgIpc) is 3.32. The standard InChI is InChI=1S/C29H24ClF3N2O4S/c30-22-13-20(19-7-8-26(34-17-19)29(31,32)33)12-21(15-22)28(9-10-28)16-24(36)23-5-3-11-35(23)40(37,38)27-14-18-4-1-2-6-25(18)39-27/h1-2,4,6-8,12-15,17,23H,3,5,9-11,16H2. The van der Waals surface area contributed by atoms with Gasteiger partial charge in [-0.25, -0.2) is 8.42 Å². The van der Waals surface area contributed by atoms with Crippen LogP contribution in [0.3, 0.4) is 0 Å². The average molecular weight is 589 g/mol. The van der Waals surface area contributed by atoms with E-state index in [1.807, 2.05) is 6.07 Å². The number of benzene rings is 2. The van der Waals surface area contributed by atoms with Gasteiger partial charge in [0.05, 0.1) is 6.04 Å². The number of sulfonamides is 1. The molecule has 1 atom stereocenters. The SMILES string of the molecule is O=C(CC1(c2cc(Cl)cc(-c3ccc(C(F)(F)F)nc3)c2)CC1)C1CCCN1S(=O)(=O)c1cc2ccccc2o1. The number of carbonyl (C=O) groups excluding carboxylic acids is 1. The summed E-state index contributed by atoms with van der Waals surface area (Å²) in [7, 11) is -4.02. The van der Waals surface area contributed by atoms with Crippen LogP contribution >= 0.6 is 11.6 Å². The molecule has 2 fully saturated rings. The number of furan rings is 1. The van der Waals surface area contributed by atoms with E-state index in [1.165, 1.54) is 16.4 Å². The molecule has 0 N–H and O–H groups in total. The minimum Gasteiger partial charge on any atom is -0.443 e. The van der Waals surface area contributed by atoms with Gasteiger partial charge in [-0.15, -0.1) is 0 Å².